The van der Waals surface area contributed by atoms with Gasteiger partial charge in [0, 0.05) is 11.9 Å². The zero-order valence-electron chi connectivity index (χ0n) is 8.76. The largest absolute Gasteiger partial charge is 0.390 e. The molecule has 0 radical (unpaired) electrons. The molecule has 0 aliphatic rings. The van der Waals surface area contributed by atoms with Crippen LogP contribution < -0.4 is 11.1 Å². The van der Waals surface area contributed by atoms with Crippen LogP contribution in [-0.2, 0) is 6.42 Å². The molecule has 0 bridgehead atoms. The molecule has 3 nitrogen and oxygen atoms in total. The Bertz CT molecular complexity index is 331. The Hall–Kier alpha value is -1.03. The van der Waals surface area contributed by atoms with Crippen molar-refractivity contribution in [3.05, 3.63) is 16.5 Å². The summed E-state index contributed by atoms with van der Waals surface area (Å²) in [7, 11) is 1.61. The highest BCUT2D eigenvalue weighted by molar-refractivity contribution is 7.16. The Labute approximate surface area is 88.3 Å². The normalized spacial score (nSPS) is 10.6. The van der Waals surface area contributed by atoms with Gasteiger partial charge in [0.15, 0.2) is 0 Å². The van der Waals surface area contributed by atoms with Gasteiger partial charge in [0.2, 0.25) is 0 Å². The van der Waals surface area contributed by atoms with E-state index in [0.717, 1.165) is 6.42 Å². The van der Waals surface area contributed by atoms with Crippen LogP contribution in [0.25, 0.3) is 0 Å². The van der Waals surface area contributed by atoms with E-state index in [4.69, 9.17) is 5.73 Å². The van der Waals surface area contributed by atoms with Crippen LogP contribution in [0, 0.1) is 5.92 Å². The van der Waals surface area contributed by atoms with Crippen LogP contribution in [0.15, 0.2) is 6.07 Å². The van der Waals surface area contributed by atoms with Gasteiger partial charge in [-0.3, -0.25) is 4.79 Å². The van der Waals surface area contributed by atoms with Gasteiger partial charge in [-0.05, 0) is 18.4 Å². The fourth-order valence-electron chi connectivity index (χ4n) is 1.27. The number of carbonyl (C=O) groups excluding carboxylic acids is 1. The second-order valence-corrected chi connectivity index (χ2v) is 4.84. The van der Waals surface area contributed by atoms with Crippen molar-refractivity contribution >= 4 is 22.2 Å². The first-order chi connectivity index (χ1) is 6.54. The highest BCUT2D eigenvalue weighted by Crippen LogP contribution is 2.26. The second kappa shape index (κ2) is 4.46. The number of nitrogens with two attached hydrogens (primary N) is 1. The molecule has 0 unspecified atom stereocenters. The molecular weight excluding hydrogens is 196 g/mol. The number of thiophene rings is 1. The zero-order valence-corrected chi connectivity index (χ0v) is 9.57. The van der Waals surface area contributed by atoms with Crippen molar-refractivity contribution < 1.29 is 4.79 Å². The first-order valence-corrected chi connectivity index (χ1v) is 5.46. The Morgan fingerprint density at radius 3 is 2.79 bits per heavy atom. The summed E-state index contributed by atoms with van der Waals surface area (Å²) in [4.78, 5) is 12.5. The standard InChI is InChI=1S/C10H16N2OS/c1-6(2)4-7-5-8(9(11)14-7)10(13)12-3/h5-6H,4,11H2,1-3H3,(H,12,13). The van der Waals surface area contributed by atoms with Crippen LogP contribution in [0.4, 0.5) is 5.00 Å². The molecule has 1 heterocycles. The Balaban J connectivity index is 2.87. The summed E-state index contributed by atoms with van der Waals surface area (Å²) >= 11 is 1.50. The van der Waals surface area contributed by atoms with Gasteiger partial charge in [-0.25, -0.2) is 0 Å². The minimum atomic E-state index is -0.103. The molecule has 1 amide bonds. The summed E-state index contributed by atoms with van der Waals surface area (Å²) in [5.74, 6) is 0.486. The number of hydrogen-bond donors (Lipinski definition) is 2. The van der Waals surface area contributed by atoms with Crippen molar-refractivity contribution in [3.8, 4) is 0 Å². The van der Waals surface area contributed by atoms with Crippen molar-refractivity contribution in [1.29, 1.82) is 0 Å². The molecule has 0 fully saturated rings. The zero-order chi connectivity index (χ0) is 10.7. The van der Waals surface area contributed by atoms with Crippen LogP contribution in [0.1, 0.15) is 29.1 Å². The molecule has 0 aliphatic heterocycles. The van der Waals surface area contributed by atoms with Crippen molar-refractivity contribution in [2.75, 3.05) is 12.8 Å². The quantitative estimate of drug-likeness (QED) is 0.804. The van der Waals surface area contributed by atoms with Crippen LogP contribution in [0.2, 0.25) is 0 Å². The molecule has 0 spiro atoms. The SMILES string of the molecule is CNC(=O)c1cc(CC(C)C)sc1N. The van der Waals surface area contributed by atoms with Gasteiger partial charge in [0.1, 0.15) is 0 Å². The average molecular weight is 212 g/mol. The van der Waals surface area contributed by atoms with Gasteiger partial charge in [-0.1, -0.05) is 13.8 Å². The number of nitrogens with one attached hydrogen (secondary N) is 1. The summed E-state index contributed by atoms with van der Waals surface area (Å²) in [5.41, 5.74) is 6.36. The van der Waals surface area contributed by atoms with Crippen molar-refractivity contribution in [3.63, 3.8) is 0 Å². The predicted molar refractivity (Wildman–Crippen MR) is 60.7 cm³/mol. The third kappa shape index (κ3) is 2.48. The summed E-state index contributed by atoms with van der Waals surface area (Å²) in [6, 6.07) is 1.89. The Morgan fingerprint density at radius 2 is 2.29 bits per heavy atom. The van der Waals surface area contributed by atoms with Gasteiger partial charge >= 0.3 is 0 Å². The van der Waals surface area contributed by atoms with Crippen molar-refractivity contribution in [2.45, 2.75) is 20.3 Å². The first-order valence-electron chi connectivity index (χ1n) is 4.64. The van der Waals surface area contributed by atoms with E-state index < -0.39 is 0 Å². The highest BCUT2D eigenvalue weighted by Gasteiger charge is 2.12. The van der Waals surface area contributed by atoms with E-state index >= 15 is 0 Å². The van der Waals surface area contributed by atoms with Gasteiger partial charge in [-0.15, -0.1) is 11.3 Å². The van der Waals surface area contributed by atoms with E-state index in [2.05, 4.69) is 19.2 Å². The molecule has 14 heavy (non-hydrogen) atoms. The maximum Gasteiger partial charge on any atom is 0.254 e. The van der Waals surface area contributed by atoms with Gasteiger partial charge in [0.05, 0.1) is 10.6 Å². The highest BCUT2D eigenvalue weighted by atomic mass is 32.1. The third-order valence-corrected chi connectivity index (χ3v) is 2.88. The van der Waals surface area contributed by atoms with Crippen molar-refractivity contribution in [2.24, 2.45) is 5.92 Å². The summed E-state index contributed by atoms with van der Waals surface area (Å²) < 4.78 is 0. The molecule has 0 aromatic carbocycles. The van der Waals surface area contributed by atoms with E-state index in [-0.39, 0.29) is 5.91 Å². The number of amides is 1. The van der Waals surface area contributed by atoms with E-state index in [1.807, 2.05) is 6.07 Å². The van der Waals surface area contributed by atoms with Gasteiger partial charge in [0.25, 0.3) is 5.91 Å². The third-order valence-electron chi connectivity index (χ3n) is 1.89. The molecule has 3 N–H and O–H groups in total. The number of rotatable bonds is 3. The number of hydrogen-bond acceptors (Lipinski definition) is 3. The molecule has 1 rings (SSSR count). The molecule has 1 aromatic rings. The molecule has 0 saturated carbocycles. The number of nitrogen functional groups attached to an aromatic ring is 1. The lowest BCUT2D eigenvalue weighted by Crippen LogP contribution is -2.18. The lowest BCUT2D eigenvalue weighted by Gasteiger charge is -1.99. The van der Waals surface area contributed by atoms with Gasteiger partial charge < -0.3 is 11.1 Å². The average Bonchev–Trinajstić information content (AvgIpc) is 2.44. The summed E-state index contributed by atoms with van der Waals surface area (Å²) in [6.45, 7) is 4.30. The fourth-order valence-corrected chi connectivity index (χ4v) is 2.41. The fraction of sp³-hybridized carbons (Fsp3) is 0.500. The molecule has 0 aliphatic carbocycles. The van der Waals surface area contributed by atoms with Crippen molar-refractivity contribution in [1.82, 2.24) is 5.32 Å². The smallest absolute Gasteiger partial charge is 0.254 e. The monoisotopic (exact) mass is 212 g/mol. The Morgan fingerprint density at radius 1 is 1.64 bits per heavy atom. The molecule has 0 saturated heterocycles. The summed E-state index contributed by atoms with van der Waals surface area (Å²) in [5, 5.41) is 3.19. The van der Waals surface area contributed by atoms with Crippen LogP contribution >= 0.6 is 11.3 Å². The van der Waals surface area contributed by atoms with E-state index in [0.29, 0.717) is 16.5 Å². The topological polar surface area (TPSA) is 55.1 Å². The maximum absolute atomic E-state index is 11.3. The maximum atomic E-state index is 11.3. The first kappa shape index (κ1) is 11.0. The number of anilines is 1. The van der Waals surface area contributed by atoms with Crippen LogP contribution in [0.3, 0.4) is 0 Å². The Kier molecular flexibility index (Phi) is 3.52. The molecular formula is C10H16N2OS. The molecule has 78 valence electrons. The van der Waals surface area contributed by atoms with Crippen LogP contribution in [-0.4, -0.2) is 13.0 Å². The molecule has 1 aromatic heterocycles. The second-order valence-electron chi connectivity index (χ2n) is 3.67. The summed E-state index contributed by atoms with van der Waals surface area (Å²) in [6.07, 6.45) is 0.978. The lowest BCUT2D eigenvalue weighted by atomic mass is 10.1. The van der Waals surface area contributed by atoms with Gasteiger partial charge in [-0.2, -0.15) is 0 Å². The molecule has 4 heteroatoms. The lowest BCUT2D eigenvalue weighted by molar-refractivity contribution is 0.0964. The van der Waals surface area contributed by atoms with E-state index in [1.165, 1.54) is 16.2 Å². The van der Waals surface area contributed by atoms with Crippen LogP contribution in [0.5, 0.6) is 0 Å². The van der Waals surface area contributed by atoms with E-state index in [1.54, 1.807) is 7.05 Å². The minimum Gasteiger partial charge on any atom is -0.390 e. The minimum absolute atomic E-state index is 0.103. The predicted octanol–water partition coefficient (Wildman–Crippen LogP) is 1.89. The molecule has 0 atom stereocenters. The number of carbonyl (C=O) groups is 1. The van der Waals surface area contributed by atoms with E-state index in [9.17, 15) is 4.79 Å².